The summed E-state index contributed by atoms with van der Waals surface area (Å²) < 4.78 is 5.34. The van der Waals surface area contributed by atoms with E-state index in [2.05, 4.69) is 36.2 Å². The molecule has 0 amide bonds. The molecule has 0 spiro atoms. The van der Waals surface area contributed by atoms with Crippen LogP contribution in [0.5, 0.6) is 0 Å². The number of hydrogen-bond acceptors (Lipinski definition) is 2. The van der Waals surface area contributed by atoms with E-state index >= 15 is 0 Å². The molecule has 0 N–H and O–H groups in total. The average Bonchev–Trinajstić information content (AvgIpc) is 2.82. The van der Waals surface area contributed by atoms with E-state index < -0.39 is 0 Å². The van der Waals surface area contributed by atoms with Crippen LogP contribution in [0.4, 0.5) is 0 Å². The summed E-state index contributed by atoms with van der Waals surface area (Å²) in [7, 11) is 0. The highest BCUT2D eigenvalue weighted by Crippen LogP contribution is 2.32. The van der Waals surface area contributed by atoms with E-state index in [1.807, 2.05) is 0 Å². The molecule has 1 aliphatic carbocycles. The van der Waals surface area contributed by atoms with Crippen LogP contribution in [0, 0.1) is 0 Å². The van der Waals surface area contributed by atoms with Crippen LogP contribution in [0.25, 0.3) is 17.5 Å². The Bertz CT molecular complexity index is 523. The van der Waals surface area contributed by atoms with Crippen LogP contribution < -0.4 is 0 Å². The quantitative estimate of drug-likeness (QED) is 0.701. The van der Waals surface area contributed by atoms with Crippen molar-refractivity contribution in [1.82, 2.24) is 4.98 Å². The van der Waals surface area contributed by atoms with E-state index in [-0.39, 0.29) is 0 Å². The van der Waals surface area contributed by atoms with Crippen LogP contribution in [-0.4, -0.2) is 4.98 Å². The maximum absolute atomic E-state index is 5.34. The minimum atomic E-state index is 0.706. The van der Waals surface area contributed by atoms with E-state index in [1.54, 1.807) is 12.5 Å². The first-order valence-corrected chi connectivity index (χ1v) is 5.03. The van der Waals surface area contributed by atoms with Crippen molar-refractivity contribution in [2.24, 2.45) is 0 Å². The summed E-state index contributed by atoms with van der Waals surface area (Å²) in [5, 5.41) is 0. The van der Waals surface area contributed by atoms with Gasteiger partial charge in [0.25, 0.3) is 0 Å². The third kappa shape index (κ3) is 1.30. The average molecular weight is 197 g/mol. The van der Waals surface area contributed by atoms with Gasteiger partial charge in [-0.25, -0.2) is 4.98 Å². The van der Waals surface area contributed by atoms with Crippen LogP contribution in [0.2, 0.25) is 0 Å². The first-order valence-electron chi connectivity index (χ1n) is 5.03. The molecule has 2 nitrogen and oxygen atoms in total. The summed E-state index contributed by atoms with van der Waals surface area (Å²) in [5.74, 6) is 0.706. The molecule has 1 aromatic heterocycles. The lowest BCUT2D eigenvalue weighted by Crippen LogP contribution is -1.86. The Balaban J connectivity index is 2.22. The highest BCUT2D eigenvalue weighted by Gasteiger charge is 2.15. The lowest BCUT2D eigenvalue weighted by molar-refractivity contribution is 0.574. The molecule has 0 fully saturated rings. The fourth-order valence-corrected chi connectivity index (χ4v) is 2.08. The lowest BCUT2D eigenvalue weighted by atomic mass is 10.0. The molecule has 0 aliphatic heterocycles. The van der Waals surface area contributed by atoms with Gasteiger partial charge in [-0.1, -0.05) is 23.8 Å². The summed E-state index contributed by atoms with van der Waals surface area (Å²) in [4.78, 5) is 4.19. The SMILES string of the molecule is CC1=Cc2c(cccc2-c2ncco2)C1. The lowest BCUT2D eigenvalue weighted by Gasteiger charge is -2.03. The summed E-state index contributed by atoms with van der Waals surface area (Å²) in [6, 6.07) is 6.28. The monoisotopic (exact) mass is 197 g/mol. The maximum atomic E-state index is 5.34. The molecular weight excluding hydrogens is 186 g/mol. The van der Waals surface area contributed by atoms with Gasteiger partial charge in [-0.3, -0.25) is 0 Å². The van der Waals surface area contributed by atoms with Gasteiger partial charge in [0, 0.05) is 5.56 Å². The normalized spacial score (nSPS) is 13.8. The summed E-state index contributed by atoms with van der Waals surface area (Å²) in [6.07, 6.45) is 6.55. The summed E-state index contributed by atoms with van der Waals surface area (Å²) in [5.41, 5.74) is 5.11. The third-order valence-electron chi connectivity index (χ3n) is 2.72. The number of hydrogen-bond donors (Lipinski definition) is 0. The van der Waals surface area contributed by atoms with Crippen molar-refractivity contribution in [3.05, 3.63) is 47.4 Å². The van der Waals surface area contributed by atoms with Gasteiger partial charge in [-0.15, -0.1) is 0 Å². The third-order valence-corrected chi connectivity index (χ3v) is 2.72. The highest BCUT2D eigenvalue weighted by molar-refractivity contribution is 5.77. The first kappa shape index (κ1) is 8.48. The Kier molecular flexibility index (Phi) is 1.75. The zero-order chi connectivity index (χ0) is 10.3. The van der Waals surface area contributed by atoms with Crippen molar-refractivity contribution >= 4 is 6.08 Å². The van der Waals surface area contributed by atoms with Gasteiger partial charge in [0.2, 0.25) is 5.89 Å². The van der Waals surface area contributed by atoms with Crippen LogP contribution in [0.3, 0.4) is 0 Å². The molecule has 1 aliphatic rings. The van der Waals surface area contributed by atoms with Gasteiger partial charge in [0.05, 0.1) is 6.20 Å². The Morgan fingerprint density at radius 3 is 3.07 bits per heavy atom. The molecule has 3 rings (SSSR count). The predicted molar refractivity (Wildman–Crippen MR) is 59.3 cm³/mol. The van der Waals surface area contributed by atoms with Crippen LogP contribution >= 0.6 is 0 Å². The van der Waals surface area contributed by atoms with Crippen LogP contribution in [0.15, 0.2) is 40.6 Å². The molecule has 0 saturated carbocycles. The number of nitrogens with zero attached hydrogens (tertiary/aromatic N) is 1. The van der Waals surface area contributed by atoms with Gasteiger partial charge in [-0.2, -0.15) is 0 Å². The van der Waals surface area contributed by atoms with E-state index in [4.69, 9.17) is 4.42 Å². The van der Waals surface area contributed by atoms with Gasteiger partial charge in [0.15, 0.2) is 0 Å². The number of oxazole rings is 1. The van der Waals surface area contributed by atoms with E-state index in [1.165, 1.54) is 16.7 Å². The van der Waals surface area contributed by atoms with Crippen molar-refractivity contribution < 1.29 is 4.42 Å². The Morgan fingerprint density at radius 1 is 1.33 bits per heavy atom. The Labute approximate surface area is 88.3 Å². The topological polar surface area (TPSA) is 26.0 Å². The standard InChI is InChI=1S/C13H11NO/c1-9-7-10-3-2-4-11(12(10)8-9)13-14-5-6-15-13/h2-6,8H,7H2,1H3. The molecule has 0 saturated heterocycles. The molecule has 2 heteroatoms. The molecule has 0 unspecified atom stereocenters. The number of aromatic nitrogens is 1. The Hall–Kier alpha value is -1.83. The van der Waals surface area contributed by atoms with E-state index in [0.717, 1.165) is 12.0 Å². The fourth-order valence-electron chi connectivity index (χ4n) is 2.08. The van der Waals surface area contributed by atoms with Gasteiger partial charge in [-0.05, 0) is 30.5 Å². The van der Waals surface area contributed by atoms with Crippen LogP contribution in [-0.2, 0) is 6.42 Å². The van der Waals surface area contributed by atoms with Gasteiger partial charge >= 0.3 is 0 Å². The largest absolute Gasteiger partial charge is 0.445 e. The molecular formula is C13H11NO. The highest BCUT2D eigenvalue weighted by atomic mass is 16.3. The van der Waals surface area contributed by atoms with Crippen molar-refractivity contribution in [3.63, 3.8) is 0 Å². The molecule has 1 aromatic carbocycles. The second kappa shape index (κ2) is 3.09. The van der Waals surface area contributed by atoms with Crippen molar-refractivity contribution in [2.45, 2.75) is 13.3 Å². The second-order valence-electron chi connectivity index (χ2n) is 3.88. The summed E-state index contributed by atoms with van der Waals surface area (Å²) >= 11 is 0. The molecule has 0 radical (unpaired) electrons. The second-order valence-corrected chi connectivity index (χ2v) is 3.88. The number of fused-ring (bicyclic) bond motifs is 1. The van der Waals surface area contributed by atoms with Crippen molar-refractivity contribution in [1.29, 1.82) is 0 Å². The van der Waals surface area contributed by atoms with E-state index in [0.29, 0.717) is 5.89 Å². The smallest absolute Gasteiger partial charge is 0.226 e. The molecule has 0 bridgehead atoms. The van der Waals surface area contributed by atoms with Crippen molar-refractivity contribution in [3.8, 4) is 11.5 Å². The van der Waals surface area contributed by atoms with Gasteiger partial charge in [0.1, 0.15) is 6.26 Å². The molecule has 15 heavy (non-hydrogen) atoms. The minimum Gasteiger partial charge on any atom is -0.445 e. The Morgan fingerprint density at radius 2 is 2.27 bits per heavy atom. The molecule has 1 heterocycles. The molecule has 0 atom stereocenters. The number of rotatable bonds is 1. The zero-order valence-corrected chi connectivity index (χ0v) is 8.53. The molecule has 2 aromatic rings. The number of allylic oxidation sites excluding steroid dienone is 1. The zero-order valence-electron chi connectivity index (χ0n) is 8.53. The summed E-state index contributed by atoms with van der Waals surface area (Å²) in [6.45, 7) is 2.15. The van der Waals surface area contributed by atoms with Crippen LogP contribution in [0.1, 0.15) is 18.1 Å². The van der Waals surface area contributed by atoms with Crippen molar-refractivity contribution in [2.75, 3.05) is 0 Å². The number of benzene rings is 1. The van der Waals surface area contributed by atoms with E-state index in [9.17, 15) is 0 Å². The predicted octanol–water partition coefficient (Wildman–Crippen LogP) is 3.30. The fraction of sp³-hybridized carbons (Fsp3) is 0.154. The minimum absolute atomic E-state index is 0.706. The molecule has 74 valence electrons. The van der Waals surface area contributed by atoms with Gasteiger partial charge < -0.3 is 4.42 Å². The first-order chi connectivity index (χ1) is 7.34. The maximum Gasteiger partial charge on any atom is 0.226 e.